The van der Waals surface area contributed by atoms with Crippen LogP contribution in [-0.2, 0) is 26.2 Å². The van der Waals surface area contributed by atoms with Gasteiger partial charge in [-0.15, -0.1) is 0 Å². The normalized spacial score (nSPS) is 12.9. The SMILES string of the molecule is CCC(C)NC(=O)C(C)N(Cc1ccc(Cl)c(Cl)c1)C(=O)CN(c1cccc(Cl)c1Cl)S(=O)(=O)c1ccc(C)cc1. The van der Waals surface area contributed by atoms with Gasteiger partial charge >= 0.3 is 0 Å². The lowest BCUT2D eigenvalue weighted by molar-refractivity contribution is -0.139. The highest BCUT2D eigenvalue weighted by Crippen LogP contribution is 2.35. The Morgan fingerprint density at radius 2 is 1.56 bits per heavy atom. The van der Waals surface area contributed by atoms with E-state index in [0.717, 1.165) is 9.87 Å². The third-order valence-corrected chi connectivity index (χ3v) is 9.91. The highest BCUT2D eigenvalue weighted by Gasteiger charge is 2.34. The Bertz CT molecular complexity index is 1520. The van der Waals surface area contributed by atoms with Crippen LogP contribution in [0.3, 0.4) is 0 Å². The number of halogens is 4. The van der Waals surface area contributed by atoms with Gasteiger partial charge in [-0.25, -0.2) is 8.42 Å². The maximum absolute atomic E-state index is 14.0. The van der Waals surface area contributed by atoms with E-state index < -0.39 is 28.5 Å². The first-order chi connectivity index (χ1) is 19.3. The van der Waals surface area contributed by atoms with Gasteiger partial charge in [-0.2, -0.15) is 0 Å². The van der Waals surface area contributed by atoms with E-state index in [9.17, 15) is 18.0 Å². The molecule has 0 heterocycles. The molecule has 1 N–H and O–H groups in total. The van der Waals surface area contributed by atoms with Crippen LogP contribution < -0.4 is 9.62 Å². The Kier molecular flexibility index (Phi) is 11.4. The molecule has 0 spiro atoms. The van der Waals surface area contributed by atoms with Crippen LogP contribution >= 0.6 is 46.4 Å². The number of carbonyl (C=O) groups excluding carboxylic acids is 2. The van der Waals surface area contributed by atoms with E-state index in [-0.39, 0.29) is 44.1 Å². The number of sulfonamides is 1. The Labute approximate surface area is 261 Å². The van der Waals surface area contributed by atoms with Crippen molar-refractivity contribution in [3.63, 3.8) is 0 Å². The highest BCUT2D eigenvalue weighted by molar-refractivity contribution is 7.92. The lowest BCUT2D eigenvalue weighted by Gasteiger charge is -2.32. The van der Waals surface area contributed by atoms with Crippen molar-refractivity contribution in [1.29, 1.82) is 0 Å². The van der Waals surface area contributed by atoms with Crippen LogP contribution in [0.4, 0.5) is 5.69 Å². The van der Waals surface area contributed by atoms with E-state index >= 15 is 0 Å². The zero-order chi connectivity index (χ0) is 30.5. The molecule has 3 rings (SSSR count). The second-order valence-electron chi connectivity index (χ2n) is 9.66. The first kappa shape index (κ1) is 33.0. The Hall–Kier alpha value is -2.49. The molecule has 0 aliphatic heterocycles. The number of hydrogen-bond acceptors (Lipinski definition) is 4. The molecular weight excluding hydrogens is 628 g/mol. The molecule has 0 aromatic heterocycles. The molecule has 3 aromatic rings. The van der Waals surface area contributed by atoms with Crippen LogP contribution in [0, 0.1) is 6.92 Å². The molecule has 3 aromatic carbocycles. The third-order valence-electron chi connectivity index (χ3n) is 6.59. The van der Waals surface area contributed by atoms with Gasteiger partial charge in [-0.05, 0) is 69.2 Å². The number of rotatable bonds is 11. The van der Waals surface area contributed by atoms with E-state index in [0.29, 0.717) is 17.0 Å². The van der Waals surface area contributed by atoms with Gasteiger partial charge in [0.15, 0.2) is 0 Å². The van der Waals surface area contributed by atoms with E-state index in [4.69, 9.17) is 46.4 Å². The molecule has 0 saturated carbocycles. The van der Waals surface area contributed by atoms with Crippen LogP contribution in [0.1, 0.15) is 38.3 Å². The summed E-state index contributed by atoms with van der Waals surface area (Å²) in [7, 11) is -4.29. The summed E-state index contributed by atoms with van der Waals surface area (Å²) >= 11 is 25.0. The van der Waals surface area contributed by atoms with Crippen molar-refractivity contribution in [2.45, 2.75) is 57.6 Å². The zero-order valence-corrected chi connectivity index (χ0v) is 26.8. The van der Waals surface area contributed by atoms with Gasteiger partial charge < -0.3 is 10.2 Å². The van der Waals surface area contributed by atoms with Crippen molar-refractivity contribution in [3.05, 3.63) is 91.9 Å². The summed E-state index contributed by atoms with van der Waals surface area (Å²) in [5.41, 5.74) is 1.49. The second kappa shape index (κ2) is 14.1. The van der Waals surface area contributed by atoms with E-state index in [1.807, 2.05) is 20.8 Å². The van der Waals surface area contributed by atoms with Crippen molar-refractivity contribution in [3.8, 4) is 0 Å². The van der Waals surface area contributed by atoms with Crippen LogP contribution in [0.25, 0.3) is 0 Å². The van der Waals surface area contributed by atoms with Gasteiger partial charge in [-0.3, -0.25) is 13.9 Å². The predicted octanol–water partition coefficient (Wildman–Crippen LogP) is 7.14. The average Bonchev–Trinajstić information content (AvgIpc) is 2.93. The fourth-order valence-electron chi connectivity index (χ4n) is 3.92. The largest absolute Gasteiger partial charge is 0.352 e. The lowest BCUT2D eigenvalue weighted by Crippen LogP contribution is -2.52. The number of hydrogen-bond donors (Lipinski definition) is 1. The Balaban J connectivity index is 2.08. The molecule has 41 heavy (non-hydrogen) atoms. The molecule has 0 fully saturated rings. The first-order valence-electron chi connectivity index (χ1n) is 12.8. The second-order valence-corrected chi connectivity index (χ2v) is 13.1. The van der Waals surface area contributed by atoms with Gasteiger partial charge in [0, 0.05) is 12.6 Å². The van der Waals surface area contributed by atoms with Crippen molar-refractivity contribution < 1.29 is 18.0 Å². The van der Waals surface area contributed by atoms with Gasteiger partial charge in [0.2, 0.25) is 11.8 Å². The minimum absolute atomic E-state index is 0.0271. The van der Waals surface area contributed by atoms with E-state index in [2.05, 4.69) is 5.32 Å². The third kappa shape index (κ3) is 8.08. The fraction of sp³-hybridized carbons (Fsp3) is 0.310. The maximum Gasteiger partial charge on any atom is 0.264 e. The number of nitrogens with zero attached hydrogens (tertiary/aromatic N) is 2. The van der Waals surface area contributed by atoms with Crippen LogP contribution in [0.15, 0.2) is 65.6 Å². The fourth-order valence-corrected chi connectivity index (χ4v) is 6.11. The van der Waals surface area contributed by atoms with Gasteiger partial charge in [0.25, 0.3) is 10.0 Å². The number of anilines is 1. The molecule has 0 aliphatic carbocycles. The highest BCUT2D eigenvalue weighted by atomic mass is 35.5. The summed E-state index contributed by atoms with van der Waals surface area (Å²) in [6.07, 6.45) is 0.690. The number of amides is 2. The van der Waals surface area contributed by atoms with Crippen LogP contribution in [0.5, 0.6) is 0 Å². The minimum Gasteiger partial charge on any atom is -0.352 e. The van der Waals surface area contributed by atoms with Crippen LogP contribution in [-0.4, -0.2) is 43.8 Å². The molecular formula is C29H31Cl4N3O4S. The molecule has 2 atom stereocenters. The summed E-state index contributed by atoms with van der Waals surface area (Å²) < 4.78 is 28.8. The van der Waals surface area contributed by atoms with Gasteiger partial charge in [0.05, 0.1) is 30.7 Å². The molecule has 2 amide bonds. The average molecular weight is 659 g/mol. The summed E-state index contributed by atoms with van der Waals surface area (Å²) in [4.78, 5) is 28.4. The van der Waals surface area contributed by atoms with E-state index in [1.54, 1.807) is 43.3 Å². The number of carbonyl (C=O) groups is 2. The zero-order valence-electron chi connectivity index (χ0n) is 23.0. The molecule has 0 aliphatic rings. The van der Waals surface area contributed by atoms with Crippen molar-refractivity contribution in [2.24, 2.45) is 0 Å². The van der Waals surface area contributed by atoms with Crippen molar-refractivity contribution in [2.75, 3.05) is 10.8 Å². The summed E-state index contributed by atoms with van der Waals surface area (Å²) in [5, 5.41) is 3.59. The van der Waals surface area contributed by atoms with Crippen molar-refractivity contribution >= 4 is 73.9 Å². The lowest BCUT2D eigenvalue weighted by atomic mass is 10.1. The molecule has 7 nitrogen and oxygen atoms in total. The molecule has 0 saturated heterocycles. The van der Waals surface area contributed by atoms with Gasteiger partial charge in [-0.1, -0.05) is 83.2 Å². The monoisotopic (exact) mass is 657 g/mol. The summed E-state index contributed by atoms with van der Waals surface area (Å²) in [5.74, 6) is -1.03. The Morgan fingerprint density at radius 3 is 2.17 bits per heavy atom. The molecule has 220 valence electrons. The molecule has 0 bridgehead atoms. The quantitative estimate of drug-likeness (QED) is 0.237. The Morgan fingerprint density at radius 1 is 0.902 bits per heavy atom. The minimum atomic E-state index is -4.29. The number of benzene rings is 3. The predicted molar refractivity (Wildman–Crippen MR) is 167 cm³/mol. The summed E-state index contributed by atoms with van der Waals surface area (Å²) in [6, 6.07) is 14.5. The molecule has 0 radical (unpaired) electrons. The summed E-state index contributed by atoms with van der Waals surface area (Å²) in [6.45, 7) is 6.51. The van der Waals surface area contributed by atoms with Crippen LogP contribution in [0.2, 0.25) is 20.1 Å². The van der Waals surface area contributed by atoms with Gasteiger partial charge in [0.1, 0.15) is 12.6 Å². The van der Waals surface area contributed by atoms with E-state index in [1.165, 1.54) is 29.2 Å². The standard InChI is InChI=1S/C29H31Cl4N3O4S/c1-5-19(3)34-29(38)20(4)35(16-21-11-14-23(30)25(32)15-21)27(37)17-36(26-8-6-7-24(31)28(26)33)41(39,40)22-12-9-18(2)10-13-22/h6-15,19-20H,5,16-17H2,1-4H3,(H,34,38). The first-order valence-corrected chi connectivity index (χ1v) is 15.8. The number of aryl methyl sites for hydroxylation is 1. The number of nitrogens with one attached hydrogen (secondary N) is 1. The smallest absolute Gasteiger partial charge is 0.264 e. The molecule has 12 heteroatoms. The topological polar surface area (TPSA) is 86.8 Å². The maximum atomic E-state index is 14.0. The van der Waals surface area contributed by atoms with Crippen molar-refractivity contribution in [1.82, 2.24) is 10.2 Å². The molecule has 2 unspecified atom stereocenters.